The SMILES string of the molecule is COc1cc(C(=O)NC2CCN(C)CC2)ccc1Nc1ncc(C(F)(F)F)c(Oc2cccnc2)n1. The van der Waals surface area contributed by atoms with Crippen LogP contribution in [0, 0.1) is 0 Å². The molecule has 1 aliphatic heterocycles. The van der Waals surface area contributed by atoms with Crippen molar-refractivity contribution in [2.45, 2.75) is 25.1 Å². The lowest BCUT2D eigenvalue weighted by atomic mass is 10.0. The molecule has 12 heteroatoms. The lowest BCUT2D eigenvalue weighted by Crippen LogP contribution is -2.43. The predicted molar refractivity (Wildman–Crippen MR) is 126 cm³/mol. The highest BCUT2D eigenvalue weighted by atomic mass is 19.4. The Labute approximate surface area is 205 Å². The van der Waals surface area contributed by atoms with Gasteiger partial charge in [-0.3, -0.25) is 9.78 Å². The zero-order chi connectivity index (χ0) is 25.7. The molecule has 1 fully saturated rings. The number of rotatable bonds is 7. The summed E-state index contributed by atoms with van der Waals surface area (Å²) >= 11 is 0. The minimum absolute atomic E-state index is 0.0882. The molecule has 0 atom stereocenters. The molecule has 0 bridgehead atoms. The average molecular weight is 502 g/mol. The maximum absolute atomic E-state index is 13.5. The van der Waals surface area contributed by atoms with E-state index in [4.69, 9.17) is 9.47 Å². The van der Waals surface area contributed by atoms with Crippen molar-refractivity contribution < 1.29 is 27.4 Å². The third kappa shape index (κ3) is 6.19. The number of anilines is 2. The smallest absolute Gasteiger partial charge is 0.423 e. The van der Waals surface area contributed by atoms with Crippen molar-refractivity contribution in [3.63, 3.8) is 0 Å². The monoisotopic (exact) mass is 502 g/mol. The zero-order valence-corrected chi connectivity index (χ0v) is 19.7. The fraction of sp³-hybridized carbons (Fsp3) is 0.333. The first kappa shape index (κ1) is 25.2. The number of aromatic nitrogens is 3. The highest BCUT2D eigenvalue weighted by molar-refractivity contribution is 5.95. The quantitative estimate of drug-likeness (QED) is 0.494. The number of ether oxygens (including phenoxy) is 2. The Hall–Kier alpha value is -3.93. The second-order valence-electron chi connectivity index (χ2n) is 8.29. The summed E-state index contributed by atoms with van der Waals surface area (Å²) in [6.07, 6.45) is 0.386. The van der Waals surface area contributed by atoms with Gasteiger partial charge in [-0.2, -0.15) is 18.2 Å². The molecule has 0 unspecified atom stereocenters. The van der Waals surface area contributed by atoms with Gasteiger partial charge in [-0.1, -0.05) is 0 Å². The number of pyridine rings is 1. The van der Waals surface area contributed by atoms with Gasteiger partial charge in [-0.15, -0.1) is 0 Å². The van der Waals surface area contributed by atoms with Crippen molar-refractivity contribution >= 4 is 17.5 Å². The molecule has 4 rings (SSSR count). The van der Waals surface area contributed by atoms with E-state index in [0.29, 0.717) is 23.2 Å². The summed E-state index contributed by atoms with van der Waals surface area (Å²) < 4.78 is 51.2. The van der Waals surface area contributed by atoms with Crippen molar-refractivity contribution in [1.82, 2.24) is 25.2 Å². The Morgan fingerprint density at radius 1 is 1.17 bits per heavy atom. The van der Waals surface area contributed by atoms with Gasteiger partial charge in [0, 0.05) is 24.0 Å². The van der Waals surface area contributed by atoms with Crippen molar-refractivity contribution in [1.29, 1.82) is 0 Å². The van der Waals surface area contributed by atoms with Crippen LogP contribution in [0.2, 0.25) is 0 Å². The maximum atomic E-state index is 13.5. The molecule has 1 saturated heterocycles. The van der Waals surface area contributed by atoms with Gasteiger partial charge >= 0.3 is 6.18 Å². The third-order valence-electron chi connectivity index (χ3n) is 5.67. The number of hydrogen-bond donors (Lipinski definition) is 2. The summed E-state index contributed by atoms with van der Waals surface area (Å²) in [6.45, 7) is 1.83. The van der Waals surface area contributed by atoms with Gasteiger partial charge in [0.1, 0.15) is 17.1 Å². The van der Waals surface area contributed by atoms with E-state index in [9.17, 15) is 18.0 Å². The molecule has 190 valence electrons. The molecule has 2 N–H and O–H groups in total. The van der Waals surface area contributed by atoms with Crippen molar-refractivity contribution in [3.8, 4) is 17.4 Å². The molecule has 3 heterocycles. The van der Waals surface area contributed by atoms with Crippen LogP contribution in [0.15, 0.2) is 48.9 Å². The molecule has 0 radical (unpaired) electrons. The normalized spacial score (nSPS) is 14.8. The summed E-state index contributed by atoms with van der Waals surface area (Å²) in [5, 5.41) is 5.87. The standard InChI is InChI=1S/C24H25F3N6O3/c1-33-10-7-16(8-11-33)30-21(34)15-5-6-19(20(12-15)35-2)31-23-29-14-18(24(25,26)27)22(32-23)36-17-4-3-9-28-13-17/h3-6,9,12-14,16H,7-8,10-11H2,1-2H3,(H,30,34)(H,29,31,32). The fourth-order valence-corrected chi connectivity index (χ4v) is 3.70. The van der Waals surface area contributed by atoms with Crippen LogP contribution in [0.5, 0.6) is 17.4 Å². The molecule has 9 nitrogen and oxygen atoms in total. The molecular weight excluding hydrogens is 477 g/mol. The van der Waals surface area contributed by atoms with E-state index in [2.05, 4.69) is 30.5 Å². The number of piperidine rings is 1. The first-order chi connectivity index (χ1) is 17.2. The van der Waals surface area contributed by atoms with Crippen LogP contribution in [-0.4, -0.2) is 59.0 Å². The molecule has 1 amide bonds. The Morgan fingerprint density at radius 3 is 2.61 bits per heavy atom. The molecule has 1 aliphatic rings. The highest BCUT2D eigenvalue weighted by Gasteiger charge is 2.36. The summed E-state index contributed by atoms with van der Waals surface area (Å²) in [7, 11) is 3.46. The number of methoxy groups -OCH3 is 1. The van der Waals surface area contributed by atoms with Gasteiger partial charge in [0.05, 0.1) is 19.0 Å². The number of carbonyl (C=O) groups excluding carboxylic acids is 1. The second kappa shape index (κ2) is 10.8. The highest BCUT2D eigenvalue weighted by Crippen LogP contribution is 2.37. The number of carbonyl (C=O) groups is 1. The largest absolute Gasteiger partial charge is 0.495 e. The minimum atomic E-state index is -4.73. The van der Waals surface area contributed by atoms with Crippen LogP contribution in [0.3, 0.4) is 0 Å². The maximum Gasteiger partial charge on any atom is 0.423 e. The average Bonchev–Trinajstić information content (AvgIpc) is 2.85. The van der Waals surface area contributed by atoms with Crippen LogP contribution in [0.25, 0.3) is 0 Å². The van der Waals surface area contributed by atoms with E-state index >= 15 is 0 Å². The molecule has 0 spiro atoms. The number of halogens is 3. The predicted octanol–water partition coefficient (Wildman–Crippen LogP) is 4.26. The van der Waals surface area contributed by atoms with Gasteiger partial charge in [0.2, 0.25) is 11.8 Å². The lowest BCUT2D eigenvalue weighted by molar-refractivity contribution is -0.139. The van der Waals surface area contributed by atoms with Gasteiger partial charge < -0.3 is 25.0 Å². The first-order valence-corrected chi connectivity index (χ1v) is 11.2. The Kier molecular flexibility index (Phi) is 7.53. The van der Waals surface area contributed by atoms with E-state index in [0.717, 1.165) is 25.9 Å². The topological polar surface area (TPSA) is 102 Å². The Morgan fingerprint density at radius 2 is 1.94 bits per heavy atom. The van der Waals surface area contributed by atoms with Gasteiger partial charge in [-0.25, -0.2) is 4.98 Å². The van der Waals surface area contributed by atoms with Crippen LogP contribution in [-0.2, 0) is 6.18 Å². The molecule has 3 aromatic rings. The van der Waals surface area contributed by atoms with E-state index < -0.39 is 17.6 Å². The lowest BCUT2D eigenvalue weighted by Gasteiger charge is -2.29. The van der Waals surface area contributed by atoms with Crippen molar-refractivity contribution in [2.24, 2.45) is 0 Å². The minimum Gasteiger partial charge on any atom is -0.495 e. The summed E-state index contributed by atoms with van der Waals surface area (Å²) in [5.74, 6) is -0.674. The van der Waals surface area contributed by atoms with E-state index in [-0.39, 0.29) is 23.6 Å². The van der Waals surface area contributed by atoms with Gasteiger partial charge in [0.15, 0.2) is 0 Å². The van der Waals surface area contributed by atoms with Crippen LogP contribution in [0.4, 0.5) is 24.8 Å². The molecule has 0 saturated carbocycles. The molecule has 36 heavy (non-hydrogen) atoms. The van der Waals surface area contributed by atoms with Gasteiger partial charge in [0.25, 0.3) is 5.91 Å². The second-order valence-corrected chi connectivity index (χ2v) is 8.29. The van der Waals surface area contributed by atoms with E-state index in [1.165, 1.54) is 31.6 Å². The number of amides is 1. The number of nitrogens with zero attached hydrogens (tertiary/aromatic N) is 4. The van der Waals surface area contributed by atoms with E-state index in [1.807, 2.05) is 7.05 Å². The molecule has 2 aromatic heterocycles. The molecular formula is C24H25F3N6O3. The number of alkyl halides is 3. The van der Waals surface area contributed by atoms with Crippen molar-refractivity contribution in [2.75, 3.05) is 32.6 Å². The van der Waals surface area contributed by atoms with Crippen LogP contribution < -0.4 is 20.1 Å². The number of hydrogen-bond acceptors (Lipinski definition) is 8. The van der Waals surface area contributed by atoms with Crippen molar-refractivity contribution in [3.05, 3.63) is 60.0 Å². The molecule has 1 aromatic carbocycles. The third-order valence-corrected chi connectivity index (χ3v) is 5.67. The van der Waals surface area contributed by atoms with E-state index in [1.54, 1.807) is 18.2 Å². The Balaban J connectivity index is 1.53. The number of likely N-dealkylation sites (tertiary alicyclic amines) is 1. The molecule has 0 aliphatic carbocycles. The zero-order valence-electron chi connectivity index (χ0n) is 19.7. The Bertz CT molecular complexity index is 1200. The summed E-state index contributed by atoms with van der Waals surface area (Å²) in [4.78, 5) is 26.5. The van der Waals surface area contributed by atoms with Crippen LogP contribution in [0.1, 0.15) is 28.8 Å². The number of nitrogens with one attached hydrogen (secondary N) is 2. The first-order valence-electron chi connectivity index (χ1n) is 11.2. The summed E-state index contributed by atoms with van der Waals surface area (Å²) in [5.41, 5.74) is -0.379. The number of benzene rings is 1. The fourth-order valence-electron chi connectivity index (χ4n) is 3.70. The van der Waals surface area contributed by atoms with Crippen LogP contribution >= 0.6 is 0 Å². The van der Waals surface area contributed by atoms with Gasteiger partial charge in [-0.05, 0) is 63.3 Å². The summed E-state index contributed by atoms with van der Waals surface area (Å²) in [6, 6.07) is 7.79.